The third-order valence-corrected chi connectivity index (χ3v) is 9.67. The fourth-order valence-corrected chi connectivity index (χ4v) is 6.18. The van der Waals surface area contributed by atoms with Crippen LogP contribution in [0.4, 0.5) is 0 Å². The van der Waals surface area contributed by atoms with Crippen LogP contribution >= 0.6 is 0 Å². The first-order chi connectivity index (χ1) is 15.5. The van der Waals surface area contributed by atoms with Gasteiger partial charge in [-0.25, -0.2) is 8.42 Å². The second kappa shape index (κ2) is 8.69. The minimum atomic E-state index is -3.83. The van der Waals surface area contributed by atoms with E-state index in [1.807, 2.05) is 26.0 Å². The minimum Gasteiger partial charge on any atom is -0.375 e. The number of ether oxygens (including phenoxy) is 1. The number of hydrogen-bond acceptors (Lipinski definition) is 6. The van der Waals surface area contributed by atoms with Crippen molar-refractivity contribution in [1.82, 2.24) is 14.9 Å². The summed E-state index contributed by atoms with van der Waals surface area (Å²) in [7, 11) is -3.83. The van der Waals surface area contributed by atoms with Gasteiger partial charge in [-0.1, -0.05) is 12.2 Å². The predicted octanol–water partition coefficient (Wildman–Crippen LogP) is 1.38. The molecule has 0 spiro atoms. The Labute approximate surface area is 195 Å². The predicted molar refractivity (Wildman–Crippen MR) is 121 cm³/mol. The maximum Gasteiger partial charge on any atom is 0.259 e. The van der Waals surface area contributed by atoms with Gasteiger partial charge in [-0.3, -0.25) is 19.1 Å². The van der Waals surface area contributed by atoms with Crippen molar-refractivity contribution in [3.8, 4) is 0 Å². The molecule has 9 nitrogen and oxygen atoms in total. The van der Waals surface area contributed by atoms with Gasteiger partial charge in [0.15, 0.2) is 0 Å². The first kappa shape index (κ1) is 24.2. The van der Waals surface area contributed by atoms with E-state index < -0.39 is 38.2 Å². The maximum absolute atomic E-state index is 13.2. The summed E-state index contributed by atoms with van der Waals surface area (Å²) in [6, 6.07) is -0.667. The molecule has 2 N–H and O–H groups in total. The number of amides is 3. The number of sulfonamides is 1. The van der Waals surface area contributed by atoms with Gasteiger partial charge in [-0.15, -0.1) is 0 Å². The molecule has 1 saturated heterocycles. The van der Waals surface area contributed by atoms with Crippen LogP contribution in [-0.4, -0.2) is 66.1 Å². The van der Waals surface area contributed by atoms with Crippen molar-refractivity contribution in [1.29, 1.82) is 0 Å². The van der Waals surface area contributed by atoms with Crippen LogP contribution < -0.4 is 10.0 Å². The molecule has 33 heavy (non-hydrogen) atoms. The average Bonchev–Trinajstić information content (AvgIpc) is 3.57. The van der Waals surface area contributed by atoms with Gasteiger partial charge < -0.3 is 15.0 Å². The molecule has 0 radical (unpaired) electrons. The third-order valence-electron chi connectivity index (χ3n) is 7.51. The normalized spacial score (nSPS) is 37.6. The van der Waals surface area contributed by atoms with E-state index in [4.69, 9.17) is 4.74 Å². The van der Waals surface area contributed by atoms with Crippen LogP contribution in [-0.2, 0) is 29.1 Å². The summed E-state index contributed by atoms with van der Waals surface area (Å²) in [4.78, 5) is 40.9. The summed E-state index contributed by atoms with van der Waals surface area (Å²) in [6.45, 7) is 5.93. The molecule has 184 valence electrons. The van der Waals surface area contributed by atoms with E-state index in [1.54, 1.807) is 11.8 Å². The molecule has 2 aliphatic carbocycles. The highest BCUT2D eigenvalue weighted by molar-refractivity contribution is 7.91. The lowest BCUT2D eigenvalue weighted by Crippen LogP contribution is -2.57. The Morgan fingerprint density at radius 3 is 2.64 bits per heavy atom. The molecule has 0 aromatic carbocycles. The van der Waals surface area contributed by atoms with Crippen molar-refractivity contribution in [2.75, 3.05) is 6.54 Å². The monoisotopic (exact) mass is 481 g/mol. The molecular formula is C23H35N3O6S. The lowest BCUT2D eigenvalue weighted by atomic mass is 10.1. The number of allylic oxidation sites excluding steroid dienone is 1. The van der Waals surface area contributed by atoms with Crippen molar-refractivity contribution in [3.63, 3.8) is 0 Å². The second-order valence-electron chi connectivity index (χ2n) is 10.4. The molecular weight excluding hydrogens is 446 g/mol. The first-order valence-electron chi connectivity index (χ1n) is 12.0. The number of nitrogens with zero attached hydrogens (tertiary/aromatic N) is 1. The van der Waals surface area contributed by atoms with Gasteiger partial charge >= 0.3 is 0 Å². The average molecular weight is 482 g/mol. The van der Waals surface area contributed by atoms with E-state index in [0.717, 1.165) is 12.8 Å². The van der Waals surface area contributed by atoms with Gasteiger partial charge in [0.05, 0.1) is 23.4 Å². The third kappa shape index (κ3) is 4.82. The molecule has 3 amide bonds. The zero-order valence-electron chi connectivity index (χ0n) is 19.6. The summed E-state index contributed by atoms with van der Waals surface area (Å²) in [5.41, 5.74) is -1.31. The summed E-state index contributed by atoms with van der Waals surface area (Å²) in [5.74, 6) is -1.53. The Hall–Kier alpha value is -1.94. The molecule has 10 heteroatoms. The van der Waals surface area contributed by atoms with E-state index in [1.165, 1.54) is 0 Å². The van der Waals surface area contributed by atoms with Crippen molar-refractivity contribution >= 4 is 27.7 Å². The molecule has 4 aliphatic rings. The van der Waals surface area contributed by atoms with Crippen LogP contribution in [0.3, 0.4) is 0 Å². The lowest BCUT2D eigenvalue weighted by Gasteiger charge is -2.28. The zero-order chi connectivity index (χ0) is 24.0. The van der Waals surface area contributed by atoms with Crippen LogP contribution in [0.2, 0.25) is 0 Å². The Kier molecular flexibility index (Phi) is 6.37. The largest absolute Gasteiger partial charge is 0.375 e. The number of rotatable bonds is 3. The van der Waals surface area contributed by atoms with Gasteiger partial charge in [-0.05, 0) is 65.7 Å². The molecule has 0 bridgehead atoms. The fraction of sp³-hybridized carbons (Fsp3) is 0.783. The zero-order valence-corrected chi connectivity index (χ0v) is 20.4. The number of carbonyl (C=O) groups excluding carboxylic acids is 3. The highest BCUT2D eigenvalue weighted by Gasteiger charge is 2.62. The Morgan fingerprint density at radius 2 is 1.94 bits per heavy atom. The lowest BCUT2D eigenvalue weighted by molar-refractivity contribution is -0.142. The van der Waals surface area contributed by atoms with E-state index in [0.29, 0.717) is 38.6 Å². The number of hydrogen-bond donors (Lipinski definition) is 2. The Balaban J connectivity index is 1.57. The molecule has 2 heterocycles. The molecule has 1 unspecified atom stereocenters. The summed E-state index contributed by atoms with van der Waals surface area (Å²) >= 11 is 0. The Morgan fingerprint density at radius 1 is 1.21 bits per heavy atom. The second-order valence-corrected chi connectivity index (χ2v) is 12.6. The van der Waals surface area contributed by atoms with Gasteiger partial charge in [0.2, 0.25) is 21.8 Å². The smallest absolute Gasteiger partial charge is 0.259 e. The topological polar surface area (TPSA) is 122 Å². The van der Waals surface area contributed by atoms with Gasteiger partial charge in [0.1, 0.15) is 11.6 Å². The van der Waals surface area contributed by atoms with E-state index in [2.05, 4.69) is 10.0 Å². The fourth-order valence-electron chi connectivity index (χ4n) is 4.87. The van der Waals surface area contributed by atoms with Gasteiger partial charge in [0, 0.05) is 12.5 Å². The summed E-state index contributed by atoms with van der Waals surface area (Å²) in [6.07, 6.45) is 7.78. The Bertz CT molecular complexity index is 959. The van der Waals surface area contributed by atoms with Gasteiger partial charge in [0.25, 0.3) is 5.91 Å². The highest BCUT2D eigenvalue weighted by Crippen LogP contribution is 2.47. The number of fused-ring (bicyclic) bond motifs is 2. The van der Waals surface area contributed by atoms with Crippen LogP contribution in [0.5, 0.6) is 0 Å². The summed E-state index contributed by atoms with van der Waals surface area (Å²) < 4.78 is 32.6. The molecule has 2 aliphatic heterocycles. The van der Waals surface area contributed by atoms with Crippen molar-refractivity contribution < 1.29 is 27.5 Å². The quantitative estimate of drug-likeness (QED) is 0.588. The number of carbonyl (C=O) groups is 3. The molecule has 0 aromatic rings. The maximum atomic E-state index is 13.2. The van der Waals surface area contributed by atoms with Crippen molar-refractivity contribution in [2.45, 2.75) is 101 Å². The van der Waals surface area contributed by atoms with Crippen LogP contribution in [0.15, 0.2) is 12.2 Å². The van der Waals surface area contributed by atoms with Crippen LogP contribution in [0, 0.1) is 5.92 Å². The van der Waals surface area contributed by atoms with Gasteiger partial charge in [-0.2, -0.15) is 0 Å². The molecule has 4 rings (SSSR count). The van der Waals surface area contributed by atoms with E-state index >= 15 is 0 Å². The van der Waals surface area contributed by atoms with Crippen molar-refractivity contribution in [2.24, 2.45) is 5.92 Å². The SMILES string of the molecule is C[C@@H]1CC/C=C\C2C[C@@]2(C(=O)NS(=O)(=O)C2(C)CC2)NC(=O)[C@@H]2CCCN2C(=O)C[C@H](C)O1. The first-order valence-corrected chi connectivity index (χ1v) is 13.5. The minimum absolute atomic E-state index is 0.0339. The van der Waals surface area contributed by atoms with Crippen LogP contribution in [0.25, 0.3) is 0 Å². The number of nitrogens with one attached hydrogen (secondary N) is 2. The van der Waals surface area contributed by atoms with E-state index in [-0.39, 0.29) is 30.5 Å². The molecule has 2 saturated carbocycles. The van der Waals surface area contributed by atoms with E-state index in [9.17, 15) is 22.8 Å². The molecule has 3 fully saturated rings. The standard InChI is InChI=1S/C23H35N3O6S/c1-15-7-4-5-8-17-14-23(17,21(29)25-33(30,31)22(3)10-11-22)24-20(28)18-9-6-12-26(18)19(27)13-16(2)32-15/h5,8,15-18H,4,6-7,9-14H2,1-3H3,(H,24,28)(H,25,29)/b8-5-/t15-,16+,17?,18+,23-/m1/s1. The summed E-state index contributed by atoms with van der Waals surface area (Å²) in [5, 5.41) is 2.85. The van der Waals surface area contributed by atoms with Crippen LogP contribution in [0.1, 0.15) is 72.1 Å². The molecule has 5 atom stereocenters. The molecule has 0 aromatic heterocycles. The van der Waals surface area contributed by atoms with Crippen molar-refractivity contribution in [3.05, 3.63) is 12.2 Å². The highest BCUT2D eigenvalue weighted by atomic mass is 32.2.